The molecule has 2 aromatic carbocycles. The van der Waals surface area contributed by atoms with Crippen molar-refractivity contribution in [2.24, 2.45) is 0 Å². The molecule has 1 aliphatic heterocycles. The maximum absolute atomic E-state index is 6.17. The lowest BCUT2D eigenvalue weighted by atomic mass is 10.1. The van der Waals surface area contributed by atoms with Gasteiger partial charge in [-0.3, -0.25) is 0 Å². The Balaban J connectivity index is 1.68. The first-order chi connectivity index (χ1) is 9.74. The minimum absolute atomic E-state index is 0.242. The zero-order valence-electron chi connectivity index (χ0n) is 11.2. The maximum atomic E-state index is 6.17. The Morgan fingerprint density at radius 3 is 2.80 bits per heavy atom. The van der Waals surface area contributed by atoms with Crippen LogP contribution in [0.25, 0.3) is 0 Å². The normalized spacial score (nSPS) is 14.3. The summed E-state index contributed by atoms with van der Waals surface area (Å²) in [5.74, 6) is 1.37. The molecule has 1 heterocycles. The molecule has 0 fully saturated rings. The van der Waals surface area contributed by atoms with Gasteiger partial charge in [0.05, 0.1) is 5.02 Å². The van der Waals surface area contributed by atoms with Crippen molar-refractivity contribution in [2.75, 3.05) is 6.79 Å². The van der Waals surface area contributed by atoms with Crippen LogP contribution in [0.15, 0.2) is 42.5 Å². The van der Waals surface area contributed by atoms with Crippen LogP contribution in [0.1, 0.15) is 24.1 Å². The van der Waals surface area contributed by atoms with E-state index in [1.165, 1.54) is 5.56 Å². The lowest BCUT2D eigenvalue weighted by Crippen LogP contribution is -2.17. The van der Waals surface area contributed by atoms with Crippen molar-refractivity contribution in [3.8, 4) is 11.5 Å². The molecule has 0 aliphatic carbocycles. The topological polar surface area (TPSA) is 30.5 Å². The Bertz CT molecular complexity index is 601. The molecule has 4 heteroatoms. The molecule has 20 heavy (non-hydrogen) atoms. The Hall–Kier alpha value is -1.71. The van der Waals surface area contributed by atoms with Gasteiger partial charge >= 0.3 is 0 Å². The van der Waals surface area contributed by atoms with E-state index in [-0.39, 0.29) is 12.8 Å². The van der Waals surface area contributed by atoms with Crippen LogP contribution < -0.4 is 14.8 Å². The molecule has 104 valence electrons. The second kappa shape index (κ2) is 5.73. The molecule has 0 bridgehead atoms. The number of benzene rings is 2. The standard InChI is InChI=1S/C16H16ClNO2/c1-11(13-5-3-2-4-6-13)18-9-12-7-14(17)16-15(8-12)19-10-20-16/h2-8,11,18H,9-10H2,1H3/t11-/m0/s1. The smallest absolute Gasteiger partial charge is 0.231 e. The van der Waals surface area contributed by atoms with Crippen LogP contribution in [0, 0.1) is 0 Å². The molecular formula is C16H16ClNO2. The number of nitrogens with one attached hydrogen (secondary N) is 1. The summed E-state index contributed by atoms with van der Waals surface area (Å²) in [6.45, 7) is 3.11. The van der Waals surface area contributed by atoms with Gasteiger partial charge in [0.15, 0.2) is 11.5 Å². The van der Waals surface area contributed by atoms with E-state index in [1.807, 2.05) is 30.3 Å². The largest absolute Gasteiger partial charge is 0.454 e. The summed E-state index contributed by atoms with van der Waals surface area (Å²) in [4.78, 5) is 0. The number of rotatable bonds is 4. The lowest BCUT2D eigenvalue weighted by Gasteiger charge is -2.14. The molecular weight excluding hydrogens is 274 g/mol. The zero-order valence-corrected chi connectivity index (χ0v) is 12.0. The van der Waals surface area contributed by atoms with Gasteiger partial charge in [-0.2, -0.15) is 0 Å². The van der Waals surface area contributed by atoms with E-state index in [4.69, 9.17) is 21.1 Å². The number of ether oxygens (including phenoxy) is 2. The summed E-state index contributed by atoms with van der Waals surface area (Å²) in [6, 6.07) is 14.5. The van der Waals surface area contributed by atoms with Crippen molar-refractivity contribution < 1.29 is 9.47 Å². The summed E-state index contributed by atoms with van der Waals surface area (Å²) in [5, 5.41) is 4.08. The van der Waals surface area contributed by atoms with Gasteiger partial charge in [-0.25, -0.2) is 0 Å². The van der Waals surface area contributed by atoms with Gasteiger partial charge in [0.25, 0.3) is 0 Å². The lowest BCUT2D eigenvalue weighted by molar-refractivity contribution is 0.174. The molecule has 0 unspecified atom stereocenters. The third-order valence-corrected chi connectivity index (χ3v) is 3.68. The van der Waals surface area contributed by atoms with E-state index in [0.717, 1.165) is 17.9 Å². The fourth-order valence-corrected chi connectivity index (χ4v) is 2.54. The Labute approximate surface area is 123 Å². The average molecular weight is 290 g/mol. The molecule has 0 saturated carbocycles. The highest BCUT2D eigenvalue weighted by Crippen LogP contribution is 2.39. The van der Waals surface area contributed by atoms with Crippen molar-refractivity contribution in [2.45, 2.75) is 19.5 Å². The summed E-state index contributed by atoms with van der Waals surface area (Å²) in [6.07, 6.45) is 0. The van der Waals surface area contributed by atoms with Gasteiger partial charge in [0.1, 0.15) is 0 Å². The van der Waals surface area contributed by atoms with Crippen LogP contribution in [0.2, 0.25) is 5.02 Å². The van der Waals surface area contributed by atoms with Crippen molar-refractivity contribution >= 4 is 11.6 Å². The van der Waals surface area contributed by atoms with E-state index in [1.54, 1.807) is 0 Å². The van der Waals surface area contributed by atoms with Crippen LogP contribution in [-0.4, -0.2) is 6.79 Å². The summed E-state index contributed by atoms with van der Waals surface area (Å²) in [7, 11) is 0. The van der Waals surface area contributed by atoms with E-state index >= 15 is 0 Å². The Kier molecular flexibility index (Phi) is 3.81. The molecule has 3 rings (SSSR count). The third-order valence-electron chi connectivity index (χ3n) is 3.40. The van der Waals surface area contributed by atoms with Crippen LogP contribution in [0.3, 0.4) is 0 Å². The molecule has 0 radical (unpaired) electrons. The average Bonchev–Trinajstić information content (AvgIpc) is 2.94. The monoisotopic (exact) mass is 289 g/mol. The molecule has 2 aromatic rings. The molecule has 1 atom stereocenters. The van der Waals surface area contributed by atoms with Gasteiger partial charge in [0.2, 0.25) is 6.79 Å². The molecule has 1 N–H and O–H groups in total. The minimum Gasteiger partial charge on any atom is -0.454 e. The minimum atomic E-state index is 0.242. The SMILES string of the molecule is C[C@H](NCc1cc(Cl)c2c(c1)OCO2)c1ccccc1. The fraction of sp³-hybridized carbons (Fsp3) is 0.250. The predicted molar refractivity (Wildman–Crippen MR) is 79.3 cm³/mol. The predicted octanol–water partition coefficient (Wildman–Crippen LogP) is 3.92. The highest BCUT2D eigenvalue weighted by molar-refractivity contribution is 6.32. The van der Waals surface area contributed by atoms with Gasteiger partial charge in [0, 0.05) is 12.6 Å². The van der Waals surface area contributed by atoms with Crippen molar-refractivity contribution in [3.63, 3.8) is 0 Å². The van der Waals surface area contributed by atoms with E-state index in [9.17, 15) is 0 Å². The Morgan fingerprint density at radius 1 is 1.20 bits per heavy atom. The van der Waals surface area contributed by atoms with Crippen LogP contribution >= 0.6 is 11.6 Å². The number of fused-ring (bicyclic) bond motifs is 1. The van der Waals surface area contributed by atoms with E-state index < -0.39 is 0 Å². The third kappa shape index (κ3) is 2.74. The first-order valence-electron chi connectivity index (χ1n) is 6.60. The Morgan fingerprint density at radius 2 is 2.00 bits per heavy atom. The molecule has 1 aliphatic rings. The highest BCUT2D eigenvalue weighted by atomic mass is 35.5. The van der Waals surface area contributed by atoms with Crippen LogP contribution in [-0.2, 0) is 6.54 Å². The molecule has 3 nitrogen and oxygen atoms in total. The first-order valence-corrected chi connectivity index (χ1v) is 6.98. The van der Waals surface area contributed by atoms with Gasteiger partial charge in [-0.1, -0.05) is 41.9 Å². The van der Waals surface area contributed by atoms with Gasteiger partial charge in [-0.15, -0.1) is 0 Å². The number of hydrogen-bond acceptors (Lipinski definition) is 3. The molecule has 0 amide bonds. The summed E-state index contributed by atoms with van der Waals surface area (Å²) in [5.41, 5.74) is 2.35. The van der Waals surface area contributed by atoms with Gasteiger partial charge < -0.3 is 14.8 Å². The zero-order chi connectivity index (χ0) is 13.9. The quantitative estimate of drug-likeness (QED) is 0.925. The van der Waals surface area contributed by atoms with Crippen LogP contribution in [0.5, 0.6) is 11.5 Å². The van der Waals surface area contributed by atoms with Crippen molar-refractivity contribution in [1.29, 1.82) is 0 Å². The molecule has 0 spiro atoms. The number of halogens is 1. The summed E-state index contributed by atoms with van der Waals surface area (Å²) < 4.78 is 10.7. The second-order valence-electron chi connectivity index (χ2n) is 4.82. The second-order valence-corrected chi connectivity index (χ2v) is 5.23. The van der Waals surface area contributed by atoms with Gasteiger partial charge in [-0.05, 0) is 30.2 Å². The van der Waals surface area contributed by atoms with Crippen molar-refractivity contribution in [3.05, 3.63) is 58.6 Å². The molecule has 0 saturated heterocycles. The van der Waals surface area contributed by atoms with E-state index in [0.29, 0.717) is 10.8 Å². The highest BCUT2D eigenvalue weighted by Gasteiger charge is 2.18. The van der Waals surface area contributed by atoms with E-state index in [2.05, 4.69) is 24.4 Å². The van der Waals surface area contributed by atoms with Crippen LogP contribution in [0.4, 0.5) is 0 Å². The number of hydrogen-bond donors (Lipinski definition) is 1. The fourth-order valence-electron chi connectivity index (χ4n) is 2.25. The first kappa shape index (κ1) is 13.3. The summed E-state index contributed by atoms with van der Waals surface area (Å²) >= 11 is 6.17. The van der Waals surface area contributed by atoms with Crippen molar-refractivity contribution in [1.82, 2.24) is 5.32 Å². The molecule has 0 aromatic heterocycles. The maximum Gasteiger partial charge on any atom is 0.231 e.